The van der Waals surface area contributed by atoms with Crippen LogP contribution in [0.3, 0.4) is 0 Å². The Morgan fingerprint density at radius 1 is 1.06 bits per heavy atom. The van der Waals surface area contributed by atoms with E-state index in [0.29, 0.717) is 12.0 Å². The number of phenolic OH excluding ortho intramolecular Hbond substituents is 1. The summed E-state index contributed by atoms with van der Waals surface area (Å²) in [4.78, 5) is 56.4. The predicted molar refractivity (Wildman–Crippen MR) is 196 cm³/mol. The summed E-state index contributed by atoms with van der Waals surface area (Å²) < 4.78 is 57.9. The molecule has 0 unspecified atom stereocenters. The zero-order valence-electron chi connectivity index (χ0n) is 32.7. The van der Waals surface area contributed by atoms with Crippen LogP contribution in [0.25, 0.3) is 0 Å². The smallest absolute Gasteiger partial charge is 0.315 e. The van der Waals surface area contributed by atoms with Crippen LogP contribution in [-0.2, 0) is 30.8 Å². The molecular weight excluding hydrogens is 714 g/mol. The number of phenols is 1. The third kappa shape index (κ3) is 10.9. The zero-order valence-corrected chi connectivity index (χ0v) is 33.5. The average Bonchev–Trinajstić information content (AvgIpc) is 3.33. The number of alkyl halides is 2. The highest BCUT2D eigenvalue weighted by Gasteiger charge is 2.70. The fraction of sp³-hybridized carbons (Fsp3) is 0.722. The van der Waals surface area contributed by atoms with E-state index in [1.165, 1.54) is 25.1 Å². The number of carbonyl (C=O) groups is 4. The number of methoxy groups -OCH3 is 1. The first kappa shape index (κ1) is 43.7. The number of hydrogen-bond acceptors (Lipinski definition) is 8. The maximum absolute atomic E-state index is 14.3. The summed E-state index contributed by atoms with van der Waals surface area (Å²) in [5.41, 5.74) is -1.04. The summed E-state index contributed by atoms with van der Waals surface area (Å²) in [7, 11) is -0.742. The predicted octanol–water partition coefficient (Wildman–Crippen LogP) is 2.70. The van der Waals surface area contributed by atoms with Gasteiger partial charge in [0.05, 0.1) is 13.4 Å². The maximum Gasteiger partial charge on any atom is 0.315 e. The van der Waals surface area contributed by atoms with Crippen LogP contribution in [0, 0.1) is 28.1 Å². The SMILES string of the molecule is COc1cc(CCNC(=O)[C@H](CC(F)F)NC(=O)[C@@H]2[C@@H]3[C@H](CN2C(=O)[C@@H](NC(=O)N[C@H](CN(C)S(C)(=O)=O)C(C)(C)C)C(C)(C)C)C3(C)C)ccc1O. The Morgan fingerprint density at radius 2 is 1.68 bits per heavy atom. The van der Waals surface area contributed by atoms with Crippen LogP contribution < -0.4 is 26.0 Å². The number of nitrogens with zero attached hydrogens (tertiary/aromatic N) is 2. The van der Waals surface area contributed by atoms with Crippen molar-refractivity contribution in [3.63, 3.8) is 0 Å². The highest BCUT2D eigenvalue weighted by atomic mass is 32.2. The molecule has 53 heavy (non-hydrogen) atoms. The fourth-order valence-electron chi connectivity index (χ4n) is 6.88. The number of ether oxygens (including phenoxy) is 1. The second kappa shape index (κ2) is 16.3. The zero-order chi connectivity index (χ0) is 40.4. The molecule has 2 aliphatic rings. The van der Waals surface area contributed by atoms with Crippen molar-refractivity contribution in [3.05, 3.63) is 23.8 Å². The van der Waals surface area contributed by atoms with Crippen molar-refractivity contribution in [1.29, 1.82) is 0 Å². The van der Waals surface area contributed by atoms with E-state index >= 15 is 0 Å². The third-order valence-electron chi connectivity index (χ3n) is 10.5. The number of likely N-dealkylation sites (N-methyl/N-ethyl adjacent to an activating group) is 1. The quantitative estimate of drug-likeness (QED) is 0.180. The van der Waals surface area contributed by atoms with Crippen LogP contribution >= 0.6 is 0 Å². The molecule has 1 aromatic rings. The summed E-state index contributed by atoms with van der Waals surface area (Å²) in [5, 5.41) is 20.5. The van der Waals surface area contributed by atoms with Gasteiger partial charge in [-0.05, 0) is 52.2 Å². The molecule has 5 N–H and O–H groups in total. The maximum atomic E-state index is 14.3. The van der Waals surface area contributed by atoms with Gasteiger partial charge in [0.1, 0.15) is 18.1 Å². The minimum absolute atomic E-state index is 0.0182. The van der Waals surface area contributed by atoms with Crippen LogP contribution in [0.1, 0.15) is 67.4 Å². The lowest BCUT2D eigenvalue weighted by Gasteiger charge is -2.39. The molecule has 5 amide bonds. The van der Waals surface area contributed by atoms with Gasteiger partial charge in [-0.25, -0.2) is 26.3 Å². The first-order chi connectivity index (χ1) is 24.2. The normalized spacial score (nSPS) is 21.3. The second-order valence-corrected chi connectivity index (χ2v) is 19.1. The van der Waals surface area contributed by atoms with Gasteiger partial charge in [-0.3, -0.25) is 14.4 Å². The number of likely N-dealkylation sites (tertiary alicyclic amines) is 1. The van der Waals surface area contributed by atoms with Gasteiger partial charge in [0, 0.05) is 39.1 Å². The summed E-state index contributed by atoms with van der Waals surface area (Å²) in [5.74, 6) is -2.30. The molecule has 0 aromatic heterocycles. The van der Waals surface area contributed by atoms with Gasteiger partial charge < -0.3 is 36.0 Å². The number of carbonyl (C=O) groups excluding carboxylic acids is 4. The van der Waals surface area contributed by atoms with Crippen molar-refractivity contribution in [1.82, 2.24) is 30.5 Å². The number of nitrogens with one attached hydrogen (secondary N) is 4. The van der Waals surface area contributed by atoms with Crippen molar-refractivity contribution in [2.24, 2.45) is 28.1 Å². The highest BCUT2D eigenvalue weighted by molar-refractivity contribution is 7.88. The van der Waals surface area contributed by atoms with Gasteiger partial charge >= 0.3 is 6.03 Å². The van der Waals surface area contributed by atoms with E-state index in [9.17, 15) is 41.5 Å². The number of halogens is 2. The number of aromatic hydroxyl groups is 1. The van der Waals surface area contributed by atoms with E-state index in [-0.39, 0.29) is 48.4 Å². The van der Waals surface area contributed by atoms with E-state index in [0.717, 1.165) is 10.6 Å². The van der Waals surface area contributed by atoms with Gasteiger partial charge in [0.25, 0.3) is 0 Å². The number of hydrogen-bond donors (Lipinski definition) is 5. The van der Waals surface area contributed by atoms with E-state index in [1.807, 2.05) is 34.6 Å². The van der Waals surface area contributed by atoms with Crippen molar-refractivity contribution in [3.8, 4) is 11.5 Å². The van der Waals surface area contributed by atoms with E-state index in [2.05, 4.69) is 21.3 Å². The number of benzene rings is 1. The molecule has 1 heterocycles. The highest BCUT2D eigenvalue weighted by Crippen LogP contribution is 2.65. The molecule has 17 heteroatoms. The lowest BCUT2D eigenvalue weighted by molar-refractivity contribution is -0.144. The molecule has 1 aliphatic carbocycles. The minimum Gasteiger partial charge on any atom is -0.504 e. The van der Waals surface area contributed by atoms with Gasteiger partial charge in [-0.15, -0.1) is 0 Å². The number of rotatable bonds is 15. The lowest BCUT2D eigenvalue weighted by Crippen LogP contribution is -2.62. The Balaban J connectivity index is 1.79. The first-order valence-corrected chi connectivity index (χ1v) is 19.6. The van der Waals surface area contributed by atoms with Crippen LogP contribution in [0.4, 0.5) is 13.6 Å². The van der Waals surface area contributed by atoms with E-state index < -0.39 is 81.6 Å². The number of urea groups is 1. The van der Waals surface area contributed by atoms with Gasteiger partial charge in [0.15, 0.2) is 11.5 Å². The number of amides is 5. The topological polar surface area (TPSA) is 186 Å². The molecule has 3 rings (SSSR count). The third-order valence-corrected chi connectivity index (χ3v) is 11.8. The number of sulfonamides is 1. The fourth-order valence-corrected chi connectivity index (χ4v) is 7.30. The number of piperidine rings is 1. The van der Waals surface area contributed by atoms with Crippen LogP contribution in [-0.4, -0.2) is 117 Å². The minimum atomic E-state index is -3.55. The second-order valence-electron chi connectivity index (χ2n) is 17.0. The molecule has 1 saturated carbocycles. The molecular formula is C36H58F2N6O8S. The van der Waals surface area contributed by atoms with Crippen LogP contribution in [0.2, 0.25) is 0 Å². The molecule has 14 nitrogen and oxygen atoms in total. The van der Waals surface area contributed by atoms with E-state index in [1.54, 1.807) is 32.9 Å². The van der Waals surface area contributed by atoms with Crippen molar-refractivity contribution in [2.45, 2.75) is 98.8 Å². The van der Waals surface area contributed by atoms with Crippen molar-refractivity contribution < 1.29 is 46.2 Å². The Labute approximate surface area is 312 Å². The van der Waals surface area contributed by atoms with Gasteiger partial charge in [0.2, 0.25) is 34.2 Å². The lowest BCUT2D eigenvalue weighted by atomic mass is 9.85. The Morgan fingerprint density at radius 3 is 2.21 bits per heavy atom. The summed E-state index contributed by atoms with van der Waals surface area (Å²) in [6.45, 7) is 14.9. The molecule has 2 fully saturated rings. The summed E-state index contributed by atoms with van der Waals surface area (Å²) in [6, 6.07) is -0.493. The Kier molecular flexibility index (Phi) is 13.5. The van der Waals surface area contributed by atoms with E-state index in [4.69, 9.17) is 4.74 Å². The first-order valence-electron chi connectivity index (χ1n) is 17.7. The average molecular weight is 773 g/mol. The summed E-state index contributed by atoms with van der Waals surface area (Å²) in [6.07, 6.45) is -2.51. The molecule has 0 radical (unpaired) electrons. The molecule has 0 spiro atoms. The molecule has 1 aliphatic heterocycles. The monoisotopic (exact) mass is 772 g/mol. The molecule has 300 valence electrons. The Bertz CT molecular complexity index is 1630. The molecule has 6 atom stereocenters. The largest absolute Gasteiger partial charge is 0.504 e. The number of fused-ring (bicyclic) bond motifs is 1. The summed E-state index contributed by atoms with van der Waals surface area (Å²) >= 11 is 0. The van der Waals surface area contributed by atoms with Crippen molar-refractivity contribution >= 4 is 33.8 Å². The van der Waals surface area contributed by atoms with Gasteiger partial charge in [-0.1, -0.05) is 61.5 Å². The molecule has 0 bridgehead atoms. The van der Waals surface area contributed by atoms with Crippen molar-refractivity contribution in [2.75, 3.05) is 40.0 Å². The van der Waals surface area contributed by atoms with Crippen LogP contribution in [0.5, 0.6) is 11.5 Å². The molecule has 1 saturated heterocycles. The van der Waals surface area contributed by atoms with Gasteiger partial charge in [-0.2, -0.15) is 0 Å². The molecule has 1 aromatic carbocycles. The standard InChI is InChI=1S/C36H58F2N6O8S/c1-34(2,3)25(19-43(9)53(11,50)51)41-33(49)42-29(35(4,5)6)32(48)44-18-21-27(36(21,7)8)28(44)31(47)40-22(17-26(37)38)30(46)39-15-14-20-12-13-23(45)24(16-20)52-10/h12-13,16,21-22,25-29,45H,14-15,17-19H2,1-11H3,(H,39,46)(H,40,47)(H2,41,42,49)/t21-,22-,25+,27-,28-,29+/m0/s1. The Hall–Kier alpha value is -3.73. The van der Waals surface area contributed by atoms with Crippen LogP contribution in [0.15, 0.2) is 18.2 Å².